The zero-order chi connectivity index (χ0) is 22.6. The number of aryl methyl sites for hydroxylation is 2. The Balaban J connectivity index is 2.20. The fourth-order valence-corrected chi connectivity index (χ4v) is 3.80. The van der Waals surface area contributed by atoms with Crippen LogP contribution in [0, 0.1) is 19.3 Å². The number of carbonyl (C=O) groups is 1. The average Bonchev–Trinajstić information content (AvgIpc) is 2.66. The van der Waals surface area contributed by atoms with Crippen molar-refractivity contribution >= 4 is 5.97 Å². The molecule has 0 radical (unpaired) electrons. The second kappa shape index (κ2) is 9.65. The second-order valence-electron chi connectivity index (χ2n) is 9.40. The van der Waals surface area contributed by atoms with E-state index < -0.39 is 12.1 Å². The maximum Gasteiger partial charge on any atom is 0.335 e. The van der Waals surface area contributed by atoms with Gasteiger partial charge in [0.1, 0.15) is 12.4 Å². The number of rotatable bonds is 8. The largest absolute Gasteiger partial charge is 0.491 e. The maximum atomic E-state index is 11.3. The molecule has 4 heteroatoms. The van der Waals surface area contributed by atoms with E-state index in [1.165, 1.54) is 11.1 Å². The summed E-state index contributed by atoms with van der Waals surface area (Å²) in [5, 5.41) is 19.5. The first-order valence-electron chi connectivity index (χ1n) is 10.7. The summed E-state index contributed by atoms with van der Waals surface area (Å²) in [6.07, 6.45) is 0.430. The van der Waals surface area contributed by atoms with Crippen molar-refractivity contribution in [1.29, 1.82) is 0 Å². The number of benzene rings is 2. The van der Waals surface area contributed by atoms with Crippen LogP contribution in [0.15, 0.2) is 36.4 Å². The Labute approximate surface area is 180 Å². The van der Waals surface area contributed by atoms with Gasteiger partial charge in [0.05, 0.1) is 11.7 Å². The summed E-state index contributed by atoms with van der Waals surface area (Å²) >= 11 is 0. The van der Waals surface area contributed by atoms with E-state index in [0.717, 1.165) is 23.3 Å². The van der Waals surface area contributed by atoms with Crippen molar-refractivity contribution in [1.82, 2.24) is 0 Å². The van der Waals surface area contributed by atoms with Gasteiger partial charge in [0, 0.05) is 0 Å². The Morgan fingerprint density at radius 3 is 2.13 bits per heavy atom. The van der Waals surface area contributed by atoms with Crippen LogP contribution in [-0.2, 0) is 0 Å². The van der Waals surface area contributed by atoms with E-state index in [-0.39, 0.29) is 17.9 Å². The SMILES string of the molecule is CCC(c1ccc(C(=O)O)c(C)c1)C(C)c1ccc(OCC(O)C(C)(C)C)c(C)c1. The first-order valence-corrected chi connectivity index (χ1v) is 10.7. The lowest BCUT2D eigenvalue weighted by Crippen LogP contribution is -2.32. The van der Waals surface area contributed by atoms with E-state index in [1.807, 2.05) is 52.8 Å². The Hall–Kier alpha value is -2.33. The highest BCUT2D eigenvalue weighted by atomic mass is 16.5. The highest BCUT2D eigenvalue weighted by molar-refractivity contribution is 5.89. The lowest BCUT2D eigenvalue weighted by Gasteiger charge is -2.27. The zero-order valence-corrected chi connectivity index (χ0v) is 19.3. The minimum absolute atomic E-state index is 0.217. The predicted octanol–water partition coefficient (Wildman–Crippen LogP) is 6.08. The number of hydrogen-bond acceptors (Lipinski definition) is 3. The molecule has 0 aliphatic carbocycles. The first-order chi connectivity index (χ1) is 14.0. The van der Waals surface area contributed by atoms with Gasteiger partial charge in [-0.05, 0) is 71.9 Å². The van der Waals surface area contributed by atoms with Gasteiger partial charge in [-0.25, -0.2) is 4.79 Å². The van der Waals surface area contributed by atoms with Crippen LogP contribution in [0.4, 0.5) is 0 Å². The molecular weight excluding hydrogens is 376 g/mol. The van der Waals surface area contributed by atoms with Crippen molar-refractivity contribution in [2.75, 3.05) is 6.61 Å². The molecule has 0 aromatic heterocycles. The molecule has 0 saturated heterocycles. The third kappa shape index (κ3) is 5.63. The van der Waals surface area contributed by atoms with Crippen LogP contribution in [-0.4, -0.2) is 28.9 Å². The van der Waals surface area contributed by atoms with E-state index in [2.05, 4.69) is 26.0 Å². The molecule has 2 N–H and O–H groups in total. The van der Waals surface area contributed by atoms with Crippen LogP contribution < -0.4 is 4.74 Å². The molecule has 0 saturated carbocycles. The number of aliphatic hydroxyl groups is 1. The third-order valence-corrected chi connectivity index (χ3v) is 6.07. The molecule has 30 heavy (non-hydrogen) atoms. The molecule has 0 amide bonds. The van der Waals surface area contributed by atoms with Crippen LogP contribution in [0.2, 0.25) is 0 Å². The van der Waals surface area contributed by atoms with Gasteiger partial charge in [-0.3, -0.25) is 0 Å². The maximum absolute atomic E-state index is 11.3. The summed E-state index contributed by atoms with van der Waals surface area (Å²) in [6, 6.07) is 11.9. The van der Waals surface area contributed by atoms with E-state index in [4.69, 9.17) is 4.74 Å². The molecule has 0 aliphatic heterocycles. The van der Waals surface area contributed by atoms with Crippen molar-refractivity contribution in [3.8, 4) is 5.75 Å². The van der Waals surface area contributed by atoms with E-state index >= 15 is 0 Å². The van der Waals surface area contributed by atoms with Gasteiger partial charge in [-0.2, -0.15) is 0 Å². The van der Waals surface area contributed by atoms with Crippen molar-refractivity contribution in [3.63, 3.8) is 0 Å². The van der Waals surface area contributed by atoms with Gasteiger partial charge in [0.25, 0.3) is 0 Å². The monoisotopic (exact) mass is 412 g/mol. The van der Waals surface area contributed by atoms with Crippen molar-refractivity contribution in [2.45, 2.75) is 72.8 Å². The smallest absolute Gasteiger partial charge is 0.335 e. The first kappa shape index (κ1) is 23.9. The summed E-state index contributed by atoms with van der Waals surface area (Å²) in [4.78, 5) is 11.3. The predicted molar refractivity (Wildman–Crippen MR) is 122 cm³/mol. The van der Waals surface area contributed by atoms with E-state index in [9.17, 15) is 15.0 Å². The fourth-order valence-electron chi connectivity index (χ4n) is 3.80. The minimum Gasteiger partial charge on any atom is -0.491 e. The molecule has 0 heterocycles. The van der Waals surface area contributed by atoms with Crippen LogP contribution in [0.1, 0.15) is 85.5 Å². The molecular formula is C26H36O4. The van der Waals surface area contributed by atoms with Gasteiger partial charge in [0.2, 0.25) is 0 Å². The number of carboxylic acid groups (broad SMARTS) is 1. The number of ether oxygens (including phenoxy) is 1. The molecule has 0 fully saturated rings. The van der Waals surface area contributed by atoms with E-state index in [1.54, 1.807) is 6.07 Å². The molecule has 164 valence electrons. The number of hydrogen-bond donors (Lipinski definition) is 2. The van der Waals surface area contributed by atoms with Gasteiger partial charge in [-0.1, -0.05) is 58.9 Å². The van der Waals surface area contributed by atoms with Crippen molar-refractivity contribution in [2.24, 2.45) is 5.41 Å². The quantitative estimate of drug-likeness (QED) is 0.551. The number of carboxylic acids is 1. The molecule has 2 aromatic rings. The molecule has 0 spiro atoms. The Kier molecular flexibility index (Phi) is 7.70. The third-order valence-electron chi connectivity index (χ3n) is 6.07. The molecule has 0 aliphatic rings. The Bertz CT molecular complexity index is 879. The molecule has 4 nitrogen and oxygen atoms in total. The topological polar surface area (TPSA) is 66.8 Å². The molecule has 0 bridgehead atoms. The highest BCUT2D eigenvalue weighted by Gasteiger charge is 2.24. The van der Waals surface area contributed by atoms with Crippen LogP contribution in [0.25, 0.3) is 0 Å². The van der Waals surface area contributed by atoms with Crippen LogP contribution in [0.3, 0.4) is 0 Å². The standard InChI is InChI=1S/C26H36O4/c1-8-21(20-9-11-22(25(28)29)16(2)13-20)18(4)19-10-12-23(17(3)14-19)30-15-24(27)26(5,6)7/h9-14,18,21,24,27H,8,15H2,1-7H3,(H,28,29). The summed E-state index contributed by atoms with van der Waals surface area (Å²) < 4.78 is 5.88. The summed E-state index contributed by atoms with van der Waals surface area (Å²) in [6.45, 7) is 14.5. The Morgan fingerprint density at radius 1 is 1.03 bits per heavy atom. The highest BCUT2D eigenvalue weighted by Crippen LogP contribution is 2.37. The van der Waals surface area contributed by atoms with Crippen molar-refractivity contribution in [3.05, 3.63) is 64.2 Å². The average molecular weight is 413 g/mol. The summed E-state index contributed by atoms with van der Waals surface area (Å²) in [5.41, 5.74) is 4.37. The van der Waals surface area contributed by atoms with Crippen LogP contribution in [0.5, 0.6) is 5.75 Å². The van der Waals surface area contributed by atoms with Gasteiger partial charge < -0.3 is 14.9 Å². The van der Waals surface area contributed by atoms with Crippen LogP contribution >= 0.6 is 0 Å². The van der Waals surface area contributed by atoms with Gasteiger partial charge >= 0.3 is 5.97 Å². The second-order valence-corrected chi connectivity index (χ2v) is 9.40. The Morgan fingerprint density at radius 2 is 1.63 bits per heavy atom. The normalized spacial score (nSPS) is 14.8. The lowest BCUT2D eigenvalue weighted by molar-refractivity contribution is 0.0216. The molecule has 2 aromatic carbocycles. The van der Waals surface area contributed by atoms with Gasteiger partial charge in [-0.15, -0.1) is 0 Å². The van der Waals surface area contributed by atoms with E-state index in [0.29, 0.717) is 11.5 Å². The zero-order valence-electron chi connectivity index (χ0n) is 19.3. The lowest BCUT2D eigenvalue weighted by atomic mass is 9.80. The molecule has 3 atom stereocenters. The minimum atomic E-state index is -0.886. The fraction of sp³-hybridized carbons (Fsp3) is 0.500. The summed E-state index contributed by atoms with van der Waals surface area (Å²) in [7, 11) is 0. The summed E-state index contributed by atoms with van der Waals surface area (Å²) in [5.74, 6) is 0.477. The number of aliphatic hydroxyl groups excluding tert-OH is 1. The number of aromatic carboxylic acids is 1. The van der Waals surface area contributed by atoms with Gasteiger partial charge in [0.15, 0.2) is 0 Å². The van der Waals surface area contributed by atoms with Crippen molar-refractivity contribution < 1.29 is 19.7 Å². The molecule has 2 rings (SSSR count). The molecule has 3 unspecified atom stereocenters.